The highest BCUT2D eigenvalue weighted by molar-refractivity contribution is 6.09. The van der Waals surface area contributed by atoms with Crippen LogP contribution in [0.5, 0.6) is 0 Å². The standard InChI is InChI=1S/C19H21N3O4/c1-21(2)17(24)12-7-9-13(10-8-12)20-16(23)11-22-18(25)14-5-3-4-6-15(14)19(22)26/h3-4,7-10,14-15H,5-6,11H2,1-2H3,(H,20,23)/t14-,15+. The van der Waals surface area contributed by atoms with E-state index in [0.717, 1.165) is 4.90 Å². The minimum atomic E-state index is -0.440. The summed E-state index contributed by atoms with van der Waals surface area (Å²) in [6, 6.07) is 6.46. The summed E-state index contributed by atoms with van der Waals surface area (Å²) in [6.45, 7) is -0.289. The molecule has 0 saturated carbocycles. The molecule has 1 aromatic rings. The van der Waals surface area contributed by atoms with Gasteiger partial charge < -0.3 is 10.2 Å². The normalized spacial score (nSPS) is 21.5. The molecule has 0 spiro atoms. The number of fused-ring (bicyclic) bond motifs is 1. The van der Waals surface area contributed by atoms with Crippen molar-refractivity contribution in [1.82, 2.24) is 9.80 Å². The predicted octanol–water partition coefficient (Wildman–Crippen LogP) is 1.28. The van der Waals surface area contributed by atoms with Crippen molar-refractivity contribution in [1.29, 1.82) is 0 Å². The summed E-state index contributed by atoms with van der Waals surface area (Å²) in [4.78, 5) is 51.4. The number of likely N-dealkylation sites (tertiary alicyclic amines) is 1. The van der Waals surface area contributed by atoms with Gasteiger partial charge in [0, 0.05) is 25.3 Å². The van der Waals surface area contributed by atoms with Gasteiger partial charge in [-0.25, -0.2) is 0 Å². The number of anilines is 1. The summed E-state index contributed by atoms with van der Waals surface area (Å²) < 4.78 is 0. The Hall–Kier alpha value is -2.96. The van der Waals surface area contributed by atoms with Gasteiger partial charge in [-0.1, -0.05) is 12.2 Å². The van der Waals surface area contributed by atoms with Crippen LogP contribution in [0.4, 0.5) is 5.69 Å². The lowest BCUT2D eigenvalue weighted by Crippen LogP contribution is -2.38. The van der Waals surface area contributed by atoms with E-state index < -0.39 is 5.91 Å². The molecule has 136 valence electrons. The van der Waals surface area contributed by atoms with Crippen LogP contribution >= 0.6 is 0 Å². The fourth-order valence-corrected chi connectivity index (χ4v) is 3.32. The molecule has 3 rings (SSSR count). The Balaban J connectivity index is 1.62. The first-order chi connectivity index (χ1) is 12.4. The molecule has 2 aliphatic rings. The number of carbonyl (C=O) groups is 4. The Morgan fingerprint density at radius 2 is 1.58 bits per heavy atom. The molecule has 1 N–H and O–H groups in total. The molecule has 1 heterocycles. The van der Waals surface area contributed by atoms with Gasteiger partial charge in [-0.05, 0) is 37.1 Å². The van der Waals surface area contributed by atoms with Crippen LogP contribution in [0.1, 0.15) is 23.2 Å². The van der Waals surface area contributed by atoms with Crippen LogP contribution in [-0.4, -0.2) is 54.1 Å². The lowest BCUT2D eigenvalue weighted by Gasteiger charge is -2.15. The van der Waals surface area contributed by atoms with Crippen LogP contribution in [0.3, 0.4) is 0 Å². The topological polar surface area (TPSA) is 86.8 Å². The minimum absolute atomic E-state index is 0.132. The van der Waals surface area contributed by atoms with Crippen molar-refractivity contribution in [2.24, 2.45) is 11.8 Å². The first-order valence-electron chi connectivity index (χ1n) is 8.50. The molecule has 1 fully saturated rings. The third-order valence-corrected chi connectivity index (χ3v) is 4.72. The minimum Gasteiger partial charge on any atom is -0.345 e. The smallest absolute Gasteiger partial charge is 0.253 e. The van der Waals surface area contributed by atoms with Crippen LogP contribution in [-0.2, 0) is 14.4 Å². The molecule has 0 aromatic heterocycles. The third kappa shape index (κ3) is 3.37. The maximum absolute atomic E-state index is 12.4. The van der Waals surface area contributed by atoms with E-state index in [9.17, 15) is 19.2 Å². The Labute approximate surface area is 151 Å². The highest BCUT2D eigenvalue weighted by atomic mass is 16.2. The maximum Gasteiger partial charge on any atom is 0.253 e. The maximum atomic E-state index is 12.4. The zero-order valence-electron chi connectivity index (χ0n) is 14.8. The molecule has 7 nitrogen and oxygen atoms in total. The Bertz CT molecular complexity index is 756. The number of amides is 4. The van der Waals surface area contributed by atoms with Crippen molar-refractivity contribution < 1.29 is 19.2 Å². The van der Waals surface area contributed by atoms with E-state index in [2.05, 4.69) is 5.32 Å². The summed E-state index contributed by atoms with van der Waals surface area (Å²) in [6.07, 6.45) is 4.92. The van der Waals surface area contributed by atoms with Gasteiger partial charge in [0.2, 0.25) is 17.7 Å². The molecule has 7 heteroatoms. The van der Waals surface area contributed by atoms with E-state index in [1.165, 1.54) is 4.90 Å². The van der Waals surface area contributed by atoms with Gasteiger partial charge in [-0.3, -0.25) is 24.1 Å². The molecular weight excluding hydrogens is 334 g/mol. The predicted molar refractivity (Wildman–Crippen MR) is 95.2 cm³/mol. The van der Waals surface area contributed by atoms with Gasteiger partial charge in [-0.2, -0.15) is 0 Å². The van der Waals surface area contributed by atoms with E-state index in [-0.39, 0.29) is 36.1 Å². The molecule has 0 bridgehead atoms. The number of benzene rings is 1. The molecule has 1 aromatic carbocycles. The zero-order valence-corrected chi connectivity index (χ0v) is 14.8. The molecule has 0 unspecified atom stereocenters. The summed E-state index contributed by atoms with van der Waals surface area (Å²) in [5.74, 6) is -1.79. The van der Waals surface area contributed by atoms with E-state index in [1.807, 2.05) is 12.2 Å². The van der Waals surface area contributed by atoms with Crippen LogP contribution in [0, 0.1) is 11.8 Å². The number of hydrogen-bond acceptors (Lipinski definition) is 4. The fraction of sp³-hybridized carbons (Fsp3) is 0.368. The van der Waals surface area contributed by atoms with Gasteiger partial charge in [-0.15, -0.1) is 0 Å². The number of hydrogen-bond donors (Lipinski definition) is 1. The van der Waals surface area contributed by atoms with Crippen LogP contribution in [0.2, 0.25) is 0 Å². The van der Waals surface area contributed by atoms with Crippen molar-refractivity contribution in [3.8, 4) is 0 Å². The lowest BCUT2D eigenvalue weighted by molar-refractivity contribution is -0.142. The van der Waals surface area contributed by atoms with Crippen molar-refractivity contribution in [3.05, 3.63) is 42.0 Å². The number of nitrogens with zero attached hydrogens (tertiary/aromatic N) is 2. The average molecular weight is 355 g/mol. The SMILES string of the molecule is CN(C)C(=O)c1ccc(NC(=O)CN2C(=O)[C@H]3CC=CC[C@H]3C2=O)cc1. The zero-order chi connectivity index (χ0) is 18.8. The fourth-order valence-electron chi connectivity index (χ4n) is 3.32. The summed E-state index contributed by atoms with van der Waals surface area (Å²) in [7, 11) is 3.32. The van der Waals surface area contributed by atoms with E-state index in [1.54, 1.807) is 38.4 Å². The second-order valence-corrected chi connectivity index (χ2v) is 6.74. The van der Waals surface area contributed by atoms with Gasteiger partial charge in [0.05, 0.1) is 11.8 Å². The number of rotatable bonds is 4. The highest BCUT2D eigenvalue weighted by Crippen LogP contribution is 2.34. The van der Waals surface area contributed by atoms with E-state index >= 15 is 0 Å². The number of nitrogens with one attached hydrogen (secondary N) is 1. The summed E-state index contributed by atoms with van der Waals surface area (Å²) in [5.41, 5.74) is 1.01. The summed E-state index contributed by atoms with van der Waals surface area (Å²) in [5, 5.41) is 2.66. The quantitative estimate of drug-likeness (QED) is 0.651. The summed E-state index contributed by atoms with van der Waals surface area (Å²) >= 11 is 0. The largest absolute Gasteiger partial charge is 0.345 e. The monoisotopic (exact) mass is 355 g/mol. The first kappa shape index (κ1) is 17.8. The molecular formula is C19H21N3O4. The Morgan fingerprint density at radius 3 is 2.08 bits per heavy atom. The van der Waals surface area contributed by atoms with Crippen LogP contribution < -0.4 is 5.32 Å². The molecule has 1 aliphatic heterocycles. The molecule has 2 atom stereocenters. The number of carbonyl (C=O) groups excluding carboxylic acids is 4. The van der Waals surface area contributed by atoms with Gasteiger partial charge in [0.15, 0.2) is 0 Å². The van der Waals surface area contributed by atoms with Crippen LogP contribution in [0.25, 0.3) is 0 Å². The Kier molecular flexibility index (Phi) is 4.88. The first-order valence-corrected chi connectivity index (χ1v) is 8.50. The van der Waals surface area contributed by atoms with E-state index in [4.69, 9.17) is 0 Å². The average Bonchev–Trinajstić information content (AvgIpc) is 2.87. The van der Waals surface area contributed by atoms with Crippen molar-refractivity contribution >= 4 is 29.3 Å². The Morgan fingerprint density at radius 1 is 1.04 bits per heavy atom. The second kappa shape index (κ2) is 7.11. The lowest BCUT2D eigenvalue weighted by atomic mass is 9.85. The molecule has 1 saturated heterocycles. The third-order valence-electron chi connectivity index (χ3n) is 4.72. The van der Waals surface area contributed by atoms with Gasteiger partial charge in [0.25, 0.3) is 5.91 Å². The van der Waals surface area contributed by atoms with Crippen LogP contribution in [0.15, 0.2) is 36.4 Å². The second-order valence-electron chi connectivity index (χ2n) is 6.74. The molecule has 4 amide bonds. The van der Waals surface area contributed by atoms with Gasteiger partial charge in [0.1, 0.15) is 6.54 Å². The number of imide groups is 1. The van der Waals surface area contributed by atoms with Gasteiger partial charge >= 0.3 is 0 Å². The molecule has 1 aliphatic carbocycles. The van der Waals surface area contributed by atoms with Crippen molar-refractivity contribution in [2.45, 2.75) is 12.8 Å². The highest BCUT2D eigenvalue weighted by Gasteiger charge is 2.47. The van der Waals surface area contributed by atoms with E-state index in [0.29, 0.717) is 24.1 Å². The molecule has 0 radical (unpaired) electrons. The number of allylic oxidation sites excluding steroid dienone is 2. The van der Waals surface area contributed by atoms with Crippen molar-refractivity contribution in [3.63, 3.8) is 0 Å². The van der Waals surface area contributed by atoms with Crippen molar-refractivity contribution in [2.75, 3.05) is 26.0 Å². The molecule has 26 heavy (non-hydrogen) atoms.